The van der Waals surface area contributed by atoms with Crippen LogP contribution in [0.2, 0.25) is 0 Å². The number of aliphatic hydroxyl groups is 1. The van der Waals surface area contributed by atoms with E-state index in [1.807, 2.05) is 6.92 Å². The smallest absolute Gasteiger partial charge is 0.258 e. The number of aromatic nitrogens is 6. The van der Waals surface area contributed by atoms with Crippen molar-refractivity contribution in [3.05, 3.63) is 12.7 Å². The van der Waals surface area contributed by atoms with Crippen LogP contribution in [0, 0.1) is 0 Å². The second-order valence-electron chi connectivity index (χ2n) is 4.28. The third-order valence-corrected chi connectivity index (χ3v) is 2.64. The summed E-state index contributed by atoms with van der Waals surface area (Å²) < 4.78 is 1.46. The standard InChI is InChI=1S/C11H18N8O/c1-8(4-3-5-20)15-10-16-9(12-2)17-11(18-10)19-7-13-6-14-19/h6-8,20H,3-5H2,1-2H3,(H2,12,15,16,17,18). The highest BCUT2D eigenvalue weighted by atomic mass is 16.2. The minimum Gasteiger partial charge on any atom is -0.396 e. The molecule has 20 heavy (non-hydrogen) atoms. The van der Waals surface area contributed by atoms with Gasteiger partial charge in [-0.05, 0) is 19.8 Å². The molecule has 0 aromatic carbocycles. The number of hydrogen-bond donors (Lipinski definition) is 3. The Morgan fingerprint density at radius 1 is 1.30 bits per heavy atom. The lowest BCUT2D eigenvalue weighted by atomic mass is 10.2. The summed E-state index contributed by atoms with van der Waals surface area (Å²) in [5.74, 6) is 1.29. The maximum Gasteiger partial charge on any atom is 0.258 e. The van der Waals surface area contributed by atoms with Gasteiger partial charge in [-0.3, -0.25) is 0 Å². The van der Waals surface area contributed by atoms with Crippen LogP contribution in [0.3, 0.4) is 0 Å². The Morgan fingerprint density at radius 2 is 2.10 bits per heavy atom. The molecule has 108 valence electrons. The van der Waals surface area contributed by atoms with E-state index < -0.39 is 0 Å². The number of anilines is 2. The van der Waals surface area contributed by atoms with Gasteiger partial charge in [0.05, 0.1) is 0 Å². The predicted molar refractivity (Wildman–Crippen MR) is 73.7 cm³/mol. The van der Waals surface area contributed by atoms with Crippen molar-refractivity contribution < 1.29 is 5.11 Å². The molecule has 0 radical (unpaired) electrons. The van der Waals surface area contributed by atoms with Crippen LogP contribution in [0.15, 0.2) is 12.7 Å². The Balaban J connectivity index is 2.18. The summed E-state index contributed by atoms with van der Waals surface area (Å²) in [6.07, 6.45) is 4.50. The van der Waals surface area contributed by atoms with Gasteiger partial charge in [-0.1, -0.05) is 0 Å². The first-order valence-electron chi connectivity index (χ1n) is 6.39. The van der Waals surface area contributed by atoms with E-state index in [0.717, 1.165) is 12.8 Å². The van der Waals surface area contributed by atoms with Crippen LogP contribution in [0.1, 0.15) is 19.8 Å². The maximum absolute atomic E-state index is 8.83. The first-order chi connectivity index (χ1) is 9.72. The summed E-state index contributed by atoms with van der Waals surface area (Å²) in [6.45, 7) is 2.18. The number of rotatable bonds is 7. The Bertz CT molecular complexity index is 529. The summed E-state index contributed by atoms with van der Waals surface area (Å²) in [6, 6.07) is 0.151. The lowest BCUT2D eigenvalue weighted by Gasteiger charge is -2.14. The molecule has 0 aliphatic heterocycles. The van der Waals surface area contributed by atoms with E-state index in [1.54, 1.807) is 7.05 Å². The van der Waals surface area contributed by atoms with E-state index in [1.165, 1.54) is 17.3 Å². The monoisotopic (exact) mass is 278 g/mol. The van der Waals surface area contributed by atoms with Crippen molar-refractivity contribution in [3.63, 3.8) is 0 Å². The van der Waals surface area contributed by atoms with Crippen LogP contribution in [-0.4, -0.2) is 54.5 Å². The van der Waals surface area contributed by atoms with Crippen molar-refractivity contribution in [2.45, 2.75) is 25.8 Å². The zero-order valence-corrected chi connectivity index (χ0v) is 11.5. The van der Waals surface area contributed by atoms with E-state index in [-0.39, 0.29) is 12.6 Å². The van der Waals surface area contributed by atoms with E-state index in [9.17, 15) is 0 Å². The van der Waals surface area contributed by atoms with Crippen LogP contribution < -0.4 is 10.6 Å². The van der Waals surface area contributed by atoms with Gasteiger partial charge < -0.3 is 15.7 Å². The van der Waals surface area contributed by atoms with Crippen LogP contribution in [0.25, 0.3) is 5.95 Å². The summed E-state index contributed by atoms with van der Waals surface area (Å²) in [4.78, 5) is 16.6. The molecule has 0 aliphatic carbocycles. The van der Waals surface area contributed by atoms with Gasteiger partial charge in [0.25, 0.3) is 5.95 Å². The number of nitrogens with one attached hydrogen (secondary N) is 2. The molecule has 0 saturated carbocycles. The fraction of sp³-hybridized carbons (Fsp3) is 0.545. The van der Waals surface area contributed by atoms with Crippen LogP contribution in [0.4, 0.5) is 11.9 Å². The van der Waals surface area contributed by atoms with E-state index in [4.69, 9.17) is 5.11 Å². The van der Waals surface area contributed by atoms with E-state index >= 15 is 0 Å². The molecule has 0 aliphatic rings. The molecule has 0 fully saturated rings. The quantitative estimate of drug-likeness (QED) is 0.652. The molecule has 2 aromatic heterocycles. The molecular weight excluding hydrogens is 260 g/mol. The molecule has 9 heteroatoms. The van der Waals surface area contributed by atoms with Crippen molar-refractivity contribution in [3.8, 4) is 5.95 Å². The van der Waals surface area contributed by atoms with Gasteiger partial charge in [-0.2, -0.15) is 24.7 Å². The summed E-state index contributed by atoms with van der Waals surface area (Å²) in [5, 5.41) is 18.9. The maximum atomic E-state index is 8.83. The van der Waals surface area contributed by atoms with Gasteiger partial charge in [0.1, 0.15) is 12.7 Å². The van der Waals surface area contributed by atoms with Gasteiger partial charge >= 0.3 is 0 Å². The van der Waals surface area contributed by atoms with Crippen molar-refractivity contribution in [2.24, 2.45) is 0 Å². The topological polar surface area (TPSA) is 114 Å². The van der Waals surface area contributed by atoms with Crippen LogP contribution in [0.5, 0.6) is 0 Å². The third kappa shape index (κ3) is 3.60. The zero-order valence-electron chi connectivity index (χ0n) is 11.5. The minimum atomic E-state index is 0.151. The number of aliphatic hydroxyl groups excluding tert-OH is 1. The van der Waals surface area contributed by atoms with Gasteiger partial charge in [0.15, 0.2) is 0 Å². The average Bonchev–Trinajstić information content (AvgIpc) is 2.99. The average molecular weight is 278 g/mol. The molecule has 2 aromatic rings. The largest absolute Gasteiger partial charge is 0.396 e. The molecule has 0 saturated heterocycles. The first kappa shape index (κ1) is 14.1. The highest BCUT2D eigenvalue weighted by molar-refractivity contribution is 5.37. The second kappa shape index (κ2) is 6.75. The van der Waals surface area contributed by atoms with Crippen molar-refractivity contribution in [1.82, 2.24) is 29.7 Å². The van der Waals surface area contributed by atoms with E-state index in [2.05, 4.69) is 35.7 Å². The molecule has 0 amide bonds. The molecule has 9 nitrogen and oxygen atoms in total. The molecule has 0 spiro atoms. The minimum absolute atomic E-state index is 0.151. The fourth-order valence-corrected chi connectivity index (χ4v) is 1.65. The fourth-order valence-electron chi connectivity index (χ4n) is 1.65. The molecule has 2 rings (SSSR count). The van der Waals surface area contributed by atoms with Gasteiger partial charge in [-0.25, -0.2) is 4.98 Å². The summed E-state index contributed by atoms with van der Waals surface area (Å²) in [7, 11) is 1.74. The molecule has 1 unspecified atom stereocenters. The Morgan fingerprint density at radius 3 is 2.75 bits per heavy atom. The third-order valence-electron chi connectivity index (χ3n) is 2.64. The van der Waals surface area contributed by atoms with Gasteiger partial charge in [-0.15, -0.1) is 0 Å². The lowest BCUT2D eigenvalue weighted by molar-refractivity contribution is 0.282. The van der Waals surface area contributed by atoms with Gasteiger partial charge in [0, 0.05) is 19.7 Å². The molecule has 3 N–H and O–H groups in total. The van der Waals surface area contributed by atoms with Crippen LogP contribution >= 0.6 is 0 Å². The molecule has 1 atom stereocenters. The predicted octanol–water partition coefficient (Wildman–Crippen LogP) is 0.0669. The second-order valence-corrected chi connectivity index (χ2v) is 4.28. The lowest BCUT2D eigenvalue weighted by Crippen LogP contribution is -2.19. The Kier molecular flexibility index (Phi) is 4.77. The molecular formula is C11H18N8O. The molecule has 0 bridgehead atoms. The normalized spacial score (nSPS) is 12.2. The first-order valence-corrected chi connectivity index (χ1v) is 6.39. The molecule has 2 heterocycles. The van der Waals surface area contributed by atoms with Crippen molar-refractivity contribution >= 4 is 11.9 Å². The SMILES string of the molecule is CNc1nc(NC(C)CCCO)nc(-n2cncn2)n1. The van der Waals surface area contributed by atoms with Crippen LogP contribution in [-0.2, 0) is 0 Å². The highest BCUT2D eigenvalue weighted by Crippen LogP contribution is 2.10. The Labute approximate surface area is 116 Å². The summed E-state index contributed by atoms with van der Waals surface area (Å²) in [5.41, 5.74) is 0. The number of nitrogens with zero attached hydrogens (tertiary/aromatic N) is 6. The summed E-state index contributed by atoms with van der Waals surface area (Å²) >= 11 is 0. The Hall–Kier alpha value is -2.29. The number of hydrogen-bond acceptors (Lipinski definition) is 8. The van der Waals surface area contributed by atoms with E-state index in [0.29, 0.717) is 17.8 Å². The van der Waals surface area contributed by atoms with Crippen molar-refractivity contribution in [1.29, 1.82) is 0 Å². The van der Waals surface area contributed by atoms with Gasteiger partial charge in [0.2, 0.25) is 11.9 Å². The van der Waals surface area contributed by atoms with Crippen molar-refractivity contribution in [2.75, 3.05) is 24.3 Å². The zero-order chi connectivity index (χ0) is 14.4. The highest BCUT2D eigenvalue weighted by Gasteiger charge is 2.10.